The van der Waals surface area contributed by atoms with Gasteiger partial charge in [-0.3, -0.25) is 9.59 Å². The first-order chi connectivity index (χ1) is 17.8. The number of carbonyl (C=O) groups is 2. The fourth-order valence-electron chi connectivity index (χ4n) is 5.15. The minimum atomic E-state index is 0.00376. The van der Waals surface area contributed by atoms with E-state index in [9.17, 15) is 9.59 Å². The summed E-state index contributed by atoms with van der Waals surface area (Å²) in [5.74, 6) is 0.00751. The zero-order valence-electron chi connectivity index (χ0n) is 23.8. The van der Waals surface area contributed by atoms with Crippen molar-refractivity contribution in [2.45, 2.75) is 180 Å². The molecular weight excluding hydrogens is 448 g/mol. The van der Waals surface area contributed by atoms with E-state index in [0.29, 0.717) is 26.1 Å². The minimum Gasteiger partial charge on any atom is -0.466 e. The highest BCUT2D eigenvalue weighted by atomic mass is 16.5. The number of hydrogen-bond acceptors (Lipinski definition) is 4. The third-order valence-electron chi connectivity index (χ3n) is 7.58. The number of cyclic esters (lactones) is 2. The Balaban J connectivity index is 2.11. The van der Waals surface area contributed by atoms with Crippen molar-refractivity contribution >= 4 is 11.9 Å². The fraction of sp³-hybridized carbons (Fsp3) is 0.938. The zero-order chi connectivity index (χ0) is 25.8. The molecule has 4 nitrogen and oxygen atoms in total. The number of esters is 2. The molecule has 0 atom stereocenters. The van der Waals surface area contributed by atoms with Crippen molar-refractivity contribution in [1.82, 2.24) is 0 Å². The van der Waals surface area contributed by atoms with Gasteiger partial charge in [0.25, 0.3) is 0 Å². The van der Waals surface area contributed by atoms with Crippen molar-refractivity contribution in [3.8, 4) is 0 Å². The molecule has 0 aromatic rings. The number of rotatable bonds is 0. The lowest BCUT2D eigenvalue weighted by Gasteiger charge is -2.06. The molecule has 0 aromatic carbocycles. The van der Waals surface area contributed by atoms with Crippen LogP contribution in [0.5, 0.6) is 0 Å². The smallest absolute Gasteiger partial charge is 0.305 e. The molecule has 0 spiro atoms. The standard InChI is InChI=1S/C32H60O4/c33-31-27-23-19-15-11-7-3-4-8-12-16-20-24-28-32(34)36-30-26-22-18-14-10-6-2-1-5-9-13-17-21-25-29-35-31/h1-30H2. The van der Waals surface area contributed by atoms with Crippen LogP contribution < -0.4 is 0 Å². The van der Waals surface area contributed by atoms with E-state index in [1.54, 1.807) is 0 Å². The lowest BCUT2D eigenvalue weighted by molar-refractivity contribution is -0.144. The van der Waals surface area contributed by atoms with Gasteiger partial charge in [-0.05, 0) is 25.7 Å². The molecule has 4 heteroatoms. The summed E-state index contributed by atoms with van der Waals surface area (Å²) < 4.78 is 10.8. The monoisotopic (exact) mass is 508 g/mol. The Kier molecular flexibility index (Phi) is 24.7. The maximum Gasteiger partial charge on any atom is 0.305 e. The molecule has 0 radical (unpaired) electrons. The first-order valence-corrected chi connectivity index (χ1v) is 16.1. The molecule has 212 valence electrons. The topological polar surface area (TPSA) is 52.6 Å². The normalized spacial score (nSPS) is 23.0. The second kappa shape index (κ2) is 27.0. The fourth-order valence-corrected chi connectivity index (χ4v) is 5.15. The van der Waals surface area contributed by atoms with Gasteiger partial charge in [-0.1, -0.05) is 141 Å². The van der Waals surface area contributed by atoms with Gasteiger partial charge < -0.3 is 9.47 Å². The third kappa shape index (κ3) is 24.6. The molecule has 0 saturated carbocycles. The molecule has 0 unspecified atom stereocenters. The van der Waals surface area contributed by atoms with Crippen LogP contribution in [-0.2, 0) is 19.1 Å². The van der Waals surface area contributed by atoms with E-state index in [1.165, 1.54) is 128 Å². The van der Waals surface area contributed by atoms with E-state index in [0.717, 1.165) is 38.5 Å². The van der Waals surface area contributed by atoms with Gasteiger partial charge in [0, 0.05) is 12.8 Å². The molecule has 36 heavy (non-hydrogen) atoms. The highest BCUT2D eigenvalue weighted by Gasteiger charge is 2.04. The second-order valence-corrected chi connectivity index (χ2v) is 11.1. The predicted molar refractivity (Wildman–Crippen MR) is 151 cm³/mol. The average molecular weight is 509 g/mol. The van der Waals surface area contributed by atoms with Crippen LogP contribution in [0.3, 0.4) is 0 Å². The van der Waals surface area contributed by atoms with Gasteiger partial charge in [0.15, 0.2) is 0 Å². The highest BCUT2D eigenvalue weighted by molar-refractivity contribution is 5.69. The van der Waals surface area contributed by atoms with Crippen LogP contribution in [0.25, 0.3) is 0 Å². The van der Waals surface area contributed by atoms with Crippen molar-refractivity contribution < 1.29 is 19.1 Å². The molecule has 0 aromatic heterocycles. The van der Waals surface area contributed by atoms with E-state index in [1.807, 2.05) is 0 Å². The molecular formula is C32H60O4. The van der Waals surface area contributed by atoms with Crippen LogP contribution in [0.15, 0.2) is 0 Å². The summed E-state index contributed by atoms with van der Waals surface area (Å²) in [7, 11) is 0. The Bertz CT molecular complexity index is 447. The van der Waals surface area contributed by atoms with Gasteiger partial charge in [0.2, 0.25) is 0 Å². The zero-order valence-corrected chi connectivity index (χ0v) is 23.8. The molecule has 1 rings (SSSR count). The molecule has 1 aliphatic rings. The van der Waals surface area contributed by atoms with Gasteiger partial charge in [0.1, 0.15) is 0 Å². The quantitative estimate of drug-likeness (QED) is 0.305. The number of ether oxygens (including phenoxy) is 2. The molecule has 0 N–H and O–H groups in total. The van der Waals surface area contributed by atoms with Crippen LogP contribution in [-0.4, -0.2) is 25.2 Å². The maximum absolute atomic E-state index is 11.9. The Hall–Kier alpha value is -1.06. The van der Waals surface area contributed by atoms with Crippen molar-refractivity contribution in [2.24, 2.45) is 0 Å². The summed E-state index contributed by atoms with van der Waals surface area (Å²) >= 11 is 0. The van der Waals surface area contributed by atoms with Crippen molar-refractivity contribution in [1.29, 1.82) is 0 Å². The summed E-state index contributed by atoms with van der Waals surface area (Å²) in [6, 6.07) is 0. The molecule has 0 bridgehead atoms. The summed E-state index contributed by atoms with van der Waals surface area (Å²) in [5, 5.41) is 0. The highest BCUT2D eigenvalue weighted by Crippen LogP contribution is 2.15. The van der Waals surface area contributed by atoms with Crippen LogP contribution in [0.1, 0.15) is 180 Å². The van der Waals surface area contributed by atoms with Crippen LogP contribution in [0, 0.1) is 0 Å². The van der Waals surface area contributed by atoms with E-state index in [2.05, 4.69) is 0 Å². The van der Waals surface area contributed by atoms with Crippen molar-refractivity contribution in [3.63, 3.8) is 0 Å². The lowest BCUT2D eigenvalue weighted by atomic mass is 10.0. The predicted octanol–water partition coefficient (Wildman–Crippen LogP) is 10.0. The first kappa shape index (κ1) is 33.0. The van der Waals surface area contributed by atoms with Crippen molar-refractivity contribution in [3.05, 3.63) is 0 Å². The van der Waals surface area contributed by atoms with Gasteiger partial charge >= 0.3 is 11.9 Å². The number of hydrogen-bond donors (Lipinski definition) is 0. The first-order valence-electron chi connectivity index (χ1n) is 16.1. The van der Waals surface area contributed by atoms with Gasteiger partial charge in [0.05, 0.1) is 13.2 Å². The summed E-state index contributed by atoms with van der Waals surface area (Å²) in [6.07, 6.45) is 33.5. The van der Waals surface area contributed by atoms with Gasteiger partial charge in [-0.2, -0.15) is 0 Å². The third-order valence-corrected chi connectivity index (χ3v) is 7.58. The lowest BCUT2D eigenvalue weighted by Crippen LogP contribution is -2.05. The van der Waals surface area contributed by atoms with Crippen molar-refractivity contribution in [2.75, 3.05) is 13.2 Å². The van der Waals surface area contributed by atoms with Gasteiger partial charge in [-0.25, -0.2) is 0 Å². The second-order valence-electron chi connectivity index (χ2n) is 11.1. The average Bonchev–Trinajstić information content (AvgIpc) is 2.87. The Morgan fingerprint density at radius 2 is 0.472 bits per heavy atom. The minimum absolute atomic E-state index is 0.00376. The molecule has 1 heterocycles. The Morgan fingerprint density at radius 1 is 0.278 bits per heavy atom. The molecule has 0 aliphatic carbocycles. The van der Waals surface area contributed by atoms with Gasteiger partial charge in [-0.15, -0.1) is 0 Å². The SMILES string of the molecule is O=C1CCCCCCCCCCCCCCC(=O)OCCCCCCCCCCCCCCCCO1. The summed E-state index contributed by atoms with van der Waals surface area (Å²) in [4.78, 5) is 23.7. The largest absolute Gasteiger partial charge is 0.466 e. The van der Waals surface area contributed by atoms with E-state index >= 15 is 0 Å². The van der Waals surface area contributed by atoms with Crippen LogP contribution in [0.4, 0.5) is 0 Å². The molecule has 1 fully saturated rings. The van der Waals surface area contributed by atoms with Crippen LogP contribution in [0.2, 0.25) is 0 Å². The molecule has 1 saturated heterocycles. The van der Waals surface area contributed by atoms with E-state index in [-0.39, 0.29) is 11.9 Å². The molecule has 0 amide bonds. The summed E-state index contributed by atoms with van der Waals surface area (Å²) in [6.45, 7) is 1.23. The van der Waals surface area contributed by atoms with E-state index < -0.39 is 0 Å². The Morgan fingerprint density at radius 3 is 0.722 bits per heavy atom. The maximum atomic E-state index is 11.9. The molecule has 1 aliphatic heterocycles. The van der Waals surface area contributed by atoms with Crippen LogP contribution >= 0.6 is 0 Å². The summed E-state index contributed by atoms with van der Waals surface area (Å²) in [5.41, 5.74) is 0. The van der Waals surface area contributed by atoms with E-state index in [4.69, 9.17) is 9.47 Å². The number of carbonyl (C=O) groups excluding carboxylic acids is 2. The Labute approximate surface area is 224 Å².